The van der Waals surface area contributed by atoms with Gasteiger partial charge in [-0.05, 0) is 61.9 Å². The minimum atomic E-state index is -0.416. The van der Waals surface area contributed by atoms with E-state index in [1.807, 2.05) is 38.1 Å². The summed E-state index contributed by atoms with van der Waals surface area (Å²) >= 11 is 1.40. The molecule has 28 heavy (non-hydrogen) atoms. The zero-order valence-electron chi connectivity index (χ0n) is 15.8. The average Bonchev–Trinajstić information content (AvgIpc) is 3.20. The molecular formula is C21H20N2O4S. The number of carbonyl (C=O) groups is 2. The van der Waals surface area contributed by atoms with Crippen LogP contribution in [0.3, 0.4) is 0 Å². The first-order valence-electron chi connectivity index (χ1n) is 8.71. The van der Waals surface area contributed by atoms with Gasteiger partial charge in [0.25, 0.3) is 5.91 Å². The summed E-state index contributed by atoms with van der Waals surface area (Å²) in [7, 11) is 1.33. The maximum atomic E-state index is 12.5. The molecule has 0 unspecified atom stereocenters. The van der Waals surface area contributed by atoms with E-state index in [4.69, 9.17) is 9.47 Å². The summed E-state index contributed by atoms with van der Waals surface area (Å²) in [6, 6.07) is 12.6. The molecule has 0 aliphatic rings. The van der Waals surface area contributed by atoms with E-state index in [2.05, 4.69) is 10.3 Å². The molecule has 1 heterocycles. The minimum absolute atomic E-state index is 0.303. The monoisotopic (exact) mass is 396 g/mol. The molecule has 1 aromatic heterocycles. The molecule has 0 bridgehead atoms. The number of methoxy groups -OCH3 is 1. The Hall–Kier alpha value is -3.19. The van der Waals surface area contributed by atoms with Crippen molar-refractivity contribution in [1.82, 2.24) is 4.98 Å². The van der Waals surface area contributed by atoms with Crippen molar-refractivity contribution < 1.29 is 19.1 Å². The van der Waals surface area contributed by atoms with Crippen LogP contribution in [0.1, 0.15) is 33.3 Å². The van der Waals surface area contributed by atoms with Crippen LogP contribution in [-0.2, 0) is 4.74 Å². The summed E-state index contributed by atoms with van der Waals surface area (Å²) in [6.45, 7) is 4.36. The molecule has 1 N–H and O–H groups in total. The van der Waals surface area contributed by atoms with Crippen LogP contribution >= 0.6 is 11.3 Å². The Kier molecular flexibility index (Phi) is 6.06. The highest BCUT2D eigenvalue weighted by Crippen LogP contribution is 2.26. The van der Waals surface area contributed by atoms with E-state index in [9.17, 15) is 9.59 Å². The smallest absolute Gasteiger partial charge is 0.337 e. The summed E-state index contributed by atoms with van der Waals surface area (Å²) in [5.41, 5.74) is 3.08. The molecule has 0 fully saturated rings. The van der Waals surface area contributed by atoms with Gasteiger partial charge in [0.15, 0.2) is 0 Å². The van der Waals surface area contributed by atoms with Crippen LogP contribution < -0.4 is 10.1 Å². The molecule has 7 heteroatoms. The van der Waals surface area contributed by atoms with Crippen molar-refractivity contribution in [3.63, 3.8) is 0 Å². The third-order valence-corrected chi connectivity index (χ3v) is 4.94. The molecule has 0 atom stereocenters. The molecule has 0 aliphatic heterocycles. The summed E-state index contributed by atoms with van der Waals surface area (Å²) in [4.78, 5) is 28.6. The summed E-state index contributed by atoms with van der Waals surface area (Å²) in [5, 5.41) is 5.31. The lowest BCUT2D eigenvalue weighted by Crippen LogP contribution is -2.13. The summed E-state index contributed by atoms with van der Waals surface area (Å²) in [5.74, 6) is 0.0782. The van der Waals surface area contributed by atoms with E-state index >= 15 is 0 Å². The first-order valence-corrected chi connectivity index (χ1v) is 9.59. The van der Waals surface area contributed by atoms with E-state index in [1.165, 1.54) is 18.4 Å². The van der Waals surface area contributed by atoms with Crippen LogP contribution in [0.15, 0.2) is 47.8 Å². The van der Waals surface area contributed by atoms with Gasteiger partial charge in [0.05, 0.1) is 19.3 Å². The van der Waals surface area contributed by atoms with Crippen LogP contribution in [0, 0.1) is 6.92 Å². The van der Waals surface area contributed by atoms with Gasteiger partial charge >= 0.3 is 5.97 Å². The molecule has 144 valence electrons. The summed E-state index contributed by atoms with van der Waals surface area (Å²) in [6.07, 6.45) is 0. The quantitative estimate of drug-likeness (QED) is 0.618. The number of aryl methyl sites for hydroxylation is 1. The van der Waals surface area contributed by atoms with Gasteiger partial charge in [0, 0.05) is 16.6 Å². The number of benzene rings is 2. The number of aromatic nitrogens is 1. The lowest BCUT2D eigenvalue weighted by Gasteiger charge is -2.08. The Morgan fingerprint density at radius 3 is 2.54 bits per heavy atom. The van der Waals surface area contributed by atoms with Gasteiger partial charge in [-0.1, -0.05) is 0 Å². The van der Waals surface area contributed by atoms with Crippen molar-refractivity contribution in [1.29, 1.82) is 0 Å². The van der Waals surface area contributed by atoms with Gasteiger partial charge in [-0.25, -0.2) is 9.78 Å². The van der Waals surface area contributed by atoms with Crippen LogP contribution in [0.2, 0.25) is 0 Å². The second-order valence-electron chi connectivity index (χ2n) is 5.97. The summed E-state index contributed by atoms with van der Waals surface area (Å²) < 4.78 is 10.1. The number of nitrogens with one attached hydrogen (secondary N) is 1. The topological polar surface area (TPSA) is 77.5 Å². The highest BCUT2D eigenvalue weighted by Gasteiger charge is 2.14. The Balaban J connectivity index is 1.73. The Bertz CT molecular complexity index is 996. The predicted molar refractivity (Wildman–Crippen MR) is 109 cm³/mol. The highest BCUT2D eigenvalue weighted by molar-refractivity contribution is 7.13. The third kappa shape index (κ3) is 4.37. The maximum Gasteiger partial charge on any atom is 0.337 e. The lowest BCUT2D eigenvalue weighted by atomic mass is 10.1. The molecule has 3 rings (SSSR count). The molecule has 0 aliphatic carbocycles. The molecule has 0 saturated heterocycles. The maximum absolute atomic E-state index is 12.5. The third-order valence-electron chi connectivity index (χ3n) is 4.04. The fourth-order valence-corrected chi connectivity index (χ4v) is 3.41. The first kappa shape index (κ1) is 19.6. The number of hydrogen-bond donors (Lipinski definition) is 1. The van der Waals surface area contributed by atoms with E-state index in [0.717, 1.165) is 21.9 Å². The number of ether oxygens (including phenoxy) is 2. The van der Waals surface area contributed by atoms with Gasteiger partial charge in [-0.3, -0.25) is 4.79 Å². The van der Waals surface area contributed by atoms with Crippen molar-refractivity contribution in [2.75, 3.05) is 19.0 Å². The molecule has 3 aromatic rings. The van der Waals surface area contributed by atoms with E-state index in [1.54, 1.807) is 23.6 Å². The van der Waals surface area contributed by atoms with Gasteiger partial charge in [-0.2, -0.15) is 0 Å². The number of amides is 1. The second-order valence-corrected chi connectivity index (χ2v) is 6.83. The van der Waals surface area contributed by atoms with Crippen LogP contribution in [0.4, 0.5) is 5.69 Å². The van der Waals surface area contributed by atoms with Gasteiger partial charge < -0.3 is 14.8 Å². The van der Waals surface area contributed by atoms with Gasteiger partial charge in [0.1, 0.15) is 16.5 Å². The number of thiazole rings is 1. The molecule has 6 nitrogen and oxygen atoms in total. The number of rotatable bonds is 6. The number of hydrogen-bond acceptors (Lipinski definition) is 6. The number of anilines is 1. The fraction of sp³-hybridized carbons (Fsp3) is 0.190. The Morgan fingerprint density at radius 1 is 1.14 bits per heavy atom. The van der Waals surface area contributed by atoms with E-state index < -0.39 is 5.97 Å². The van der Waals surface area contributed by atoms with Crippen molar-refractivity contribution in [3.8, 4) is 16.3 Å². The zero-order chi connectivity index (χ0) is 20.1. The Morgan fingerprint density at radius 2 is 1.89 bits per heavy atom. The lowest BCUT2D eigenvalue weighted by molar-refractivity contribution is 0.0600. The molecule has 0 saturated carbocycles. The zero-order valence-corrected chi connectivity index (χ0v) is 16.6. The number of esters is 1. The van der Waals surface area contributed by atoms with Crippen molar-refractivity contribution in [3.05, 3.63) is 64.7 Å². The predicted octanol–water partition coefficient (Wildman–Crippen LogP) is 4.56. The van der Waals surface area contributed by atoms with Crippen molar-refractivity contribution in [2.45, 2.75) is 13.8 Å². The molecule has 2 aromatic carbocycles. The van der Waals surface area contributed by atoms with Crippen molar-refractivity contribution in [2.24, 2.45) is 0 Å². The van der Waals surface area contributed by atoms with Crippen LogP contribution in [0.5, 0.6) is 5.75 Å². The SMILES string of the molecule is CCOc1ccc(-c2nc(C(=O)Nc3ccc(C(=O)OC)cc3C)cs2)cc1. The molecule has 1 amide bonds. The highest BCUT2D eigenvalue weighted by atomic mass is 32.1. The van der Waals surface area contributed by atoms with Gasteiger partial charge in [-0.15, -0.1) is 11.3 Å². The van der Waals surface area contributed by atoms with E-state index in [-0.39, 0.29) is 5.91 Å². The Labute approximate surface area is 167 Å². The normalized spacial score (nSPS) is 10.4. The second kappa shape index (κ2) is 8.67. The molecule has 0 spiro atoms. The van der Waals surface area contributed by atoms with E-state index in [0.29, 0.717) is 23.6 Å². The standard InChI is InChI=1S/C21H20N2O4S/c1-4-27-16-8-5-14(6-9-16)20-23-18(12-28-20)19(24)22-17-10-7-15(11-13(17)2)21(25)26-3/h5-12H,4H2,1-3H3,(H,22,24). The van der Waals surface area contributed by atoms with Crippen LogP contribution in [0.25, 0.3) is 10.6 Å². The first-order chi connectivity index (χ1) is 13.5. The largest absolute Gasteiger partial charge is 0.494 e. The number of carbonyl (C=O) groups excluding carboxylic acids is 2. The van der Waals surface area contributed by atoms with Gasteiger partial charge in [0.2, 0.25) is 0 Å². The molecule has 0 radical (unpaired) electrons. The van der Waals surface area contributed by atoms with Crippen molar-refractivity contribution >= 4 is 28.9 Å². The van der Waals surface area contributed by atoms with Crippen LogP contribution in [-0.4, -0.2) is 30.6 Å². The number of nitrogens with zero attached hydrogens (tertiary/aromatic N) is 1. The minimum Gasteiger partial charge on any atom is -0.494 e. The average molecular weight is 396 g/mol. The fourth-order valence-electron chi connectivity index (χ4n) is 2.61. The molecular weight excluding hydrogens is 376 g/mol.